The first-order valence-corrected chi connectivity index (χ1v) is 35.6. The van der Waals surface area contributed by atoms with E-state index >= 15 is 0 Å². The molecular formula is C96H74N6. The van der Waals surface area contributed by atoms with Crippen LogP contribution in [0.2, 0.25) is 0 Å². The van der Waals surface area contributed by atoms with Crippen molar-refractivity contribution in [2.24, 2.45) is 0 Å². The summed E-state index contributed by atoms with van der Waals surface area (Å²) in [6.07, 6.45) is 0. The summed E-state index contributed by atoms with van der Waals surface area (Å²) in [6.45, 7) is 14.1. The summed E-state index contributed by atoms with van der Waals surface area (Å²) < 4.78 is 6.85. The van der Waals surface area contributed by atoms with Crippen molar-refractivity contribution in [3.05, 3.63) is 373 Å². The number of hydrogen-bond acceptors (Lipinski definition) is 3. The number of fused-ring (bicyclic) bond motifs is 15. The van der Waals surface area contributed by atoms with Gasteiger partial charge in [-0.25, -0.2) is 4.68 Å². The quantitative estimate of drug-likeness (QED) is 0.137. The lowest BCUT2D eigenvalue weighted by Gasteiger charge is -2.29. The van der Waals surface area contributed by atoms with Gasteiger partial charge in [0.25, 0.3) is 0 Å². The number of benzene rings is 14. The van der Waals surface area contributed by atoms with E-state index in [9.17, 15) is 0 Å². The molecule has 6 nitrogen and oxygen atoms in total. The highest BCUT2D eigenvalue weighted by Crippen LogP contribution is 2.55. The van der Waals surface area contributed by atoms with Crippen molar-refractivity contribution in [1.82, 2.24) is 18.9 Å². The van der Waals surface area contributed by atoms with Crippen LogP contribution in [-0.2, 0) is 16.2 Å². The molecule has 6 heteroatoms. The number of rotatable bonds is 10. The van der Waals surface area contributed by atoms with Crippen LogP contribution >= 0.6 is 0 Å². The Hall–Kier alpha value is -12.5. The SMILES string of the molecule is CC1(C)c2ccccc2-c2cc(N(c3ccc4c(c3)C(C)(C)c3ccccc3-4)c3ccc4c(c3)c3ccccc3n4-c3ccccc3)ccc21.CC1(C)c2ccccc2-c2ccc(N(c3ccc4c(c3)c3ccccc3n4-c3ccccc3)c3cc(-c4ccccc4)nn3-c3ccccc3)cc21. The fourth-order valence-corrected chi connectivity index (χ4v) is 17.3. The molecule has 0 radical (unpaired) electrons. The lowest BCUT2D eigenvalue weighted by molar-refractivity contribution is 0.660. The molecular weight excluding hydrogens is 1240 g/mol. The van der Waals surface area contributed by atoms with Gasteiger partial charge in [-0.2, -0.15) is 5.10 Å². The van der Waals surface area contributed by atoms with Crippen molar-refractivity contribution in [3.63, 3.8) is 0 Å². The Morgan fingerprint density at radius 3 is 1.10 bits per heavy atom. The van der Waals surface area contributed by atoms with Gasteiger partial charge in [0.2, 0.25) is 0 Å². The molecule has 102 heavy (non-hydrogen) atoms. The van der Waals surface area contributed by atoms with Gasteiger partial charge < -0.3 is 14.0 Å². The zero-order valence-corrected chi connectivity index (χ0v) is 58.0. The molecule has 0 N–H and O–H groups in total. The molecule has 488 valence electrons. The van der Waals surface area contributed by atoms with Crippen molar-refractivity contribution in [1.29, 1.82) is 0 Å². The first kappa shape index (κ1) is 60.6. The van der Waals surface area contributed by atoms with Gasteiger partial charge in [-0.3, -0.25) is 4.90 Å². The standard InChI is InChI=1S/C48H36N4.C48H38N2/c1-48(2)42-24-14-12-22-38(42)39-28-26-37(31-43(39)48)50(47-32-44(33-16-6-3-7-17-33)49-52(47)35-20-10-5-11-21-35)36-27-29-46-41(30-36)40-23-13-15-25-45(40)51(46)34-18-8-4-9-19-34;1-47(2)42-20-12-9-17-36(42)39-28-32(23-26-43(39)47)49(34-22-25-37-35-16-8-11-19-41(35)48(3,4)44(37)30-34)33-24-27-46-40(29-33)38-18-10-13-21-45(38)50(46)31-14-6-5-7-15-31/h3-32H,1-2H3;5-30H,1-4H3. The van der Waals surface area contributed by atoms with Gasteiger partial charge in [-0.15, -0.1) is 0 Å². The molecule has 3 aliphatic carbocycles. The molecule has 0 atom stereocenters. The largest absolute Gasteiger partial charge is 0.310 e. The molecule has 3 heterocycles. The summed E-state index contributed by atoms with van der Waals surface area (Å²) in [5, 5.41) is 10.2. The van der Waals surface area contributed by atoms with Crippen LogP contribution in [0.25, 0.3) is 105 Å². The van der Waals surface area contributed by atoms with E-state index in [0.29, 0.717) is 0 Å². The van der Waals surface area contributed by atoms with Crippen LogP contribution in [-0.4, -0.2) is 18.9 Å². The van der Waals surface area contributed by atoms with E-state index in [0.717, 1.165) is 51.2 Å². The van der Waals surface area contributed by atoms with E-state index < -0.39 is 0 Å². The predicted octanol–water partition coefficient (Wildman–Crippen LogP) is 25.3. The Balaban J connectivity index is 0.000000141. The topological polar surface area (TPSA) is 34.2 Å². The van der Waals surface area contributed by atoms with Crippen molar-refractivity contribution in [2.75, 3.05) is 9.80 Å². The maximum atomic E-state index is 5.28. The number of anilines is 6. The lowest BCUT2D eigenvalue weighted by Crippen LogP contribution is -2.18. The smallest absolute Gasteiger partial charge is 0.142 e. The fraction of sp³-hybridized carbons (Fsp3) is 0.0938. The Bertz CT molecular complexity index is 6170. The van der Waals surface area contributed by atoms with Crippen LogP contribution in [0.15, 0.2) is 340 Å². The molecule has 0 saturated heterocycles. The molecule has 0 fully saturated rings. The Labute approximate surface area is 595 Å². The van der Waals surface area contributed by atoms with E-state index in [4.69, 9.17) is 5.10 Å². The molecule has 3 aliphatic rings. The summed E-state index contributed by atoms with van der Waals surface area (Å²) in [4.78, 5) is 4.86. The Morgan fingerprint density at radius 2 is 0.588 bits per heavy atom. The second-order valence-electron chi connectivity index (χ2n) is 29.2. The van der Waals surface area contributed by atoms with Crippen LogP contribution in [0.1, 0.15) is 74.9 Å². The molecule has 0 aliphatic heterocycles. The van der Waals surface area contributed by atoms with Crippen molar-refractivity contribution in [3.8, 4) is 61.7 Å². The van der Waals surface area contributed by atoms with Gasteiger partial charge in [0, 0.05) is 89.2 Å². The normalized spacial score (nSPS) is 13.8. The third kappa shape index (κ3) is 9.43. The van der Waals surface area contributed by atoms with Gasteiger partial charge in [0.15, 0.2) is 0 Å². The molecule has 0 bridgehead atoms. The molecule has 0 amide bonds. The van der Waals surface area contributed by atoms with Gasteiger partial charge in [-0.1, -0.05) is 254 Å². The van der Waals surface area contributed by atoms with Crippen LogP contribution < -0.4 is 9.80 Å². The zero-order chi connectivity index (χ0) is 68.6. The number of para-hydroxylation sites is 5. The monoisotopic (exact) mass is 1310 g/mol. The lowest BCUT2D eigenvalue weighted by atomic mass is 9.82. The zero-order valence-electron chi connectivity index (χ0n) is 58.0. The van der Waals surface area contributed by atoms with Crippen LogP contribution in [0.5, 0.6) is 0 Å². The van der Waals surface area contributed by atoms with E-state index in [1.54, 1.807) is 0 Å². The highest BCUT2D eigenvalue weighted by atomic mass is 15.4. The van der Waals surface area contributed by atoms with E-state index in [-0.39, 0.29) is 16.2 Å². The summed E-state index contributed by atoms with van der Waals surface area (Å²) in [7, 11) is 0. The second kappa shape index (κ2) is 23.3. The van der Waals surface area contributed by atoms with Crippen molar-refractivity contribution < 1.29 is 0 Å². The summed E-state index contributed by atoms with van der Waals surface area (Å²) in [5.74, 6) is 0.962. The van der Waals surface area contributed by atoms with Gasteiger partial charge in [0.05, 0.1) is 33.4 Å². The summed E-state index contributed by atoms with van der Waals surface area (Å²) >= 11 is 0. The van der Waals surface area contributed by atoms with Crippen LogP contribution in [0.3, 0.4) is 0 Å². The Kier molecular flexibility index (Phi) is 13.9. The maximum absolute atomic E-state index is 5.28. The average molecular weight is 1310 g/mol. The minimum Gasteiger partial charge on any atom is -0.310 e. The van der Waals surface area contributed by atoms with Gasteiger partial charge in [-0.05, 0) is 188 Å². The minimum atomic E-state index is -0.143. The Morgan fingerprint density at radius 1 is 0.245 bits per heavy atom. The van der Waals surface area contributed by atoms with E-state index in [2.05, 4.69) is 405 Å². The first-order chi connectivity index (χ1) is 49.9. The first-order valence-electron chi connectivity index (χ1n) is 35.6. The molecule has 17 aromatic rings. The third-order valence-corrected chi connectivity index (χ3v) is 22.3. The van der Waals surface area contributed by atoms with Crippen LogP contribution in [0.4, 0.5) is 34.3 Å². The highest BCUT2D eigenvalue weighted by Gasteiger charge is 2.39. The summed E-state index contributed by atoms with van der Waals surface area (Å²) in [5.41, 5.74) is 31.6. The maximum Gasteiger partial charge on any atom is 0.142 e. The van der Waals surface area contributed by atoms with Crippen molar-refractivity contribution >= 4 is 77.9 Å². The number of nitrogens with zero attached hydrogens (tertiary/aromatic N) is 6. The molecule has 3 aromatic heterocycles. The summed E-state index contributed by atoms with van der Waals surface area (Å²) in [6, 6.07) is 124. The van der Waals surface area contributed by atoms with Crippen LogP contribution in [0, 0.1) is 0 Å². The molecule has 0 spiro atoms. The van der Waals surface area contributed by atoms with E-state index in [1.807, 2.05) is 0 Å². The van der Waals surface area contributed by atoms with Gasteiger partial charge in [0.1, 0.15) is 5.82 Å². The van der Waals surface area contributed by atoms with Gasteiger partial charge >= 0.3 is 0 Å². The predicted molar refractivity (Wildman–Crippen MR) is 426 cm³/mol. The molecule has 0 saturated carbocycles. The number of aromatic nitrogens is 4. The number of hydrogen-bond donors (Lipinski definition) is 0. The minimum absolute atomic E-state index is 0.0448. The second-order valence-corrected chi connectivity index (χ2v) is 29.2. The molecule has 0 unspecified atom stereocenters. The average Bonchev–Trinajstić information content (AvgIpc) is 1.56. The van der Waals surface area contributed by atoms with Crippen molar-refractivity contribution in [2.45, 2.75) is 57.8 Å². The highest BCUT2D eigenvalue weighted by molar-refractivity contribution is 6.12. The molecule has 14 aromatic carbocycles. The molecule has 20 rings (SSSR count). The fourth-order valence-electron chi connectivity index (χ4n) is 17.3. The van der Waals surface area contributed by atoms with E-state index in [1.165, 1.54) is 122 Å². The third-order valence-electron chi connectivity index (χ3n) is 22.3.